The molecule has 1 atom stereocenters. The molecule has 1 aliphatic rings. The van der Waals surface area contributed by atoms with Crippen molar-refractivity contribution in [1.29, 1.82) is 5.26 Å². The van der Waals surface area contributed by atoms with Gasteiger partial charge in [-0.2, -0.15) is 5.26 Å². The van der Waals surface area contributed by atoms with E-state index in [9.17, 15) is 4.79 Å². The summed E-state index contributed by atoms with van der Waals surface area (Å²) in [5, 5.41) is 8.78. The smallest absolute Gasteiger partial charge is 0.310 e. The molecule has 1 aromatic rings. The molecule has 0 spiro atoms. The third-order valence-corrected chi connectivity index (χ3v) is 3.15. The van der Waals surface area contributed by atoms with E-state index in [0.717, 1.165) is 31.6 Å². The topological polar surface area (TPSA) is 66.2 Å². The van der Waals surface area contributed by atoms with Gasteiger partial charge in [0.2, 0.25) is 0 Å². The summed E-state index contributed by atoms with van der Waals surface area (Å²) in [4.78, 5) is 17.5. The Bertz CT molecular complexity index is 481. The summed E-state index contributed by atoms with van der Waals surface area (Å²) >= 11 is 0. The minimum Gasteiger partial charge on any atom is -0.469 e. The molecule has 1 fully saturated rings. The highest BCUT2D eigenvalue weighted by Crippen LogP contribution is 2.19. The Hall–Kier alpha value is -1.93. The molecule has 1 aromatic heterocycles. The largest absolute Gasteiger partial charge is 0.469 e. The predicted octanol–water partition coefficient (Wildman–Crippen LogP) is 0.948. The number of esters is 1. The van der Waals surface area contributed by atoms with Crippen LogP contribution in [0, 0.1) is 17.2 Å². The molecule has 5 nitrogen and oxygen atoms in total. The fourth-order valence-corrected chi connectivity index (χ4v) is 2.23. The van der Waals surface area contributed by atoms with Crippen LogP contribution in [-0.4, -0.2) is 36.1 Å². The monoisotopic (exact) mass is 245 g/mol. The van der Waals surface area contributed by atoms with Crippen LogP contribution in [0.4, 0.5) is 0 Å². The van der Waals surface area contributed by atoms with E-state index in [4.69, 9.17) is 10.00 Å². The standard InChI is InChI=1S/C13H15N3O2/c1-18-13(17)11-3-5-16(9-11)8-10-2-4-15-12(6-10)7-14/h2,4,6,11H,3,5,8-9H2,1H3. The van der Waals surface area contributed by atoms with Crippen molar-refractivity contribution in [3.63, 3.8) is 0 Å². The number of hydrogen-bond acceptors (Lipinski definition) is 5. The van der Waals surface area contributed by atoms with Gasteiger partial charge in [-0.15, -0.1) is 0 Å². The zero-order valence-electron chi connectivity index (χ0n) is 10.3. The first-order valence-electron chi connectivity index (χ1n) is 5.88. The van der Waals surface area contributed by atoms with Gasteiger partial charge in [-0.3, -0.25) is 9.69 Å². The average Bonchev–Trinajstić information content (AvgIpc) is 2.86. The van der Waals surface area contributed by atoms with Gasteiger partial charge in [0.1, 0.15) is 11.8 Å². The number of methoxy groups -OCH3 is 1. The Morgan fingerprint density at radius 2 is 2.56 bits per heavy atom. The van der Waals surface area contributed by atoms with E-state index < -0.39 is 0 Å². The minimum absolute atomic E-state index is 0.0210. The molecule has 0 radical (unpaired) electrons. The van der Waals surface area contributed by atoms with Gasteiger partial charge in [-0.1, -0.05) is 0 Å². The Morgan fingerprint density at radius 1 is 1.72 bits per heavy atom. The fourth-order valence-electron chi connectivity index (χ4n) is 2.23. The molecule has 0 aromatic carbocycles. The second kappa shape index (κ2) is 5.61. The third-order valence-electron chi connectivity index (χ3n) is 3.15. The molecule has 0 bridgehead atoms. The van der Waals surface area contributed by atoms with Gasteiger partial charge in [-0.05, 0) is 30.7 Å². The van der Waals surface area contributed by atoms with Crippen LogP contribution in [-0.2, 0) is 16.1 Å². The van der Waals surface area contributed by atoms with E-state index >= 15 is 0 Å². The van der Waals surface area contributed by atoms with E-state index in [1.54, 1.807) is 12.3 Å². The molecule has 2 rings (SSSR count). The molecule has 5 heteroatoms. The summed E-state index contributed by atoms with van der Waals surface area (Å²) in [7, 11) is 1.42. The Balaban J connectivity index is 1.95. The van der Waals surface area contributed by atoms with Gasteiger partial charge in [0.25, 0.3) is 0 Å². The molecule has 1 saturated heterocycles. The molecule has 0 amide bonds. The highest BCUT2D eigenvalue weighted by Gasteiger charge is 2.28. The van der Waals surface area contributed by atoms with Gasteiger partial charge in [0.05, 0.1) is 13.0 Å². The van der Waals surface area contributed by atoms with Crippen LogP contribution < -0.4 is 0 Å². The fraction of sp³-hybridized carbons (Fsp3) is 0.462. The molecule has 18 heavy (non-hydrogen) atoms. The molecule has 94 valence electrons. The summed E-state index contributed by atoms with van der Waals surface area (Å²) in [5.41, 5.74) is 1.48. The second-order valence-electron chi connectivity index (χ2n) is 4.41. The highest BCUT2D eigenvalue weighted by atomic mass is 16.5. The lowest BCUT2D eigenvalue weighted by atomic mass is 10.1. The number of ether oxygens (including phenoxy) is 1. The number of nitrogens with zero attached hydrogens (tertiary/aromatic N) is 3. The van der Waals surface area contributed by atoms with Gasteiger partial charge in [0, 0.05) is 19.3 Å². The summed E-state index contributed by atoms with van der Waals surface area (Å²) in [6.07, 6.45) is 2.48. The first-order valence-corrected chi connectivity index (χ1v) is 5.88. The van der Waals surface area contributed by atoms with Crippen LogP contribution in [0.25, 0.3) is 0 Å². The van der Waals surface area contributed by atoms with E-state index in [0.29, 0.717) is 5.69 Å². The van der Waals surface area contributed by atoms with E-state index in [1.165, 1.54) is 7.11 Å². The van der Waals surface area contributed by atoms with Gasteiger partial charge < -0.3 is 4.74 Å². The molecule has 1 aliphatic heterocycles. The van der Waals surface area contributed by atoms with Crippen LogP contribution in [0.15, 0.2) is 18.3 Å². The molecule has 0 N–H and O–H groups in total. The minimum atomic E-state index is -0.134. The number of carbonyl (C=O) groups excluding carboxylic acids is 1. The van der Waals surface area contributed by atoms with Gasteiger partial charge >= 0.3 is 5.97 Å². The SMILES string of the molecule is COC(=O)C1CCN(Cc2ccnc(C#N)c2)C1. The number of pyridine rings is 1. The number of likely N-dealkylation sites (tertiary alicyclic amines) is 1. The zero-order chi connectivity index (χ0) is 13.0. The number of nitriles is 1. The predicted molar refractivity (Wildman–Crippen MR) is 64.4 cm³/mol. The molecule has 1 unspecified atom stereocenters. The van der Waals surface area contributed by atoms with Crippen molar-refractivity contribution in [3.8, 4) is 6.07 Å². The number of rotatable bonds is 3. The Morgan fingerprint density at radius 3 is 3.28 bits per heavy atom. The van der Waals surface area contributed by atoms with Crippen LogP contribution in [0.1, 0.15) is 17.7 Å². The van der Waals surface area contributed by atoms with Crippen molar-refractivity contribution >= 4 is 5.97 Å². The molecular weight excluding hydrogens is 230 g/mol. The lowest BCUT2D eigenvalue weighted by molar-refractivity contribution is -0.144. The Kier molecular flexibility index (Phi) is 3.90. The zero-order valence-corrected chi connectivity index (χ0v) is 10.3. The van der Waals surface area contributed by atoms with Crippen LogP contribution in [0.3, 0.4) is 0 Å². The van der Waals surface area contributed by atoms with Crippen molar-refractivity contribution < 1.29 is 9.53 Å². The van der Waals surface area contributed by atoms with E-state index in [2.05, 4.69) is 9.88 Å². The van der Waals surface area contributed by atoms with Gasteiger partial charge in [0.15, 0.2) is 0 Å². The van der Waals surface area contributed by atoms with Gasteiger partial charge in [-0.25, -0.2) is 4.98 Å². The van der Waals surface area contributed by atoms with E-state index in [-0.39, 0.29) is 11.9 Å². The first kappa shape index (κ1) is 12.5. The van der Waals surface area contributed by atoms with Crippen LogP contribution in [0.5, 0.6) is 0 Å². The maximum absolute atomic E-state index is 11.4. The summed E-state index contributed by atoms with van der Waals surface area (Å²) in [6.45, 7) is 2.34. The van der Waals surface area contributed by atoms with Crippen molar-refractivity contribution in [2.24, 2.45) is 5.92 Å². The number of hydrogen-bond donors (Lipinski definition) is 0. The van der Waals surface area contributed by atoms with Crippen molar-refractivity contribution in [2.75, 3.05) is 20.2 Å². The lowest BCUT2D eigenvalue weighted by Gasteiger charge is -2.15. The lowest BCUT2D eigenvalue weighted by Crippen LogP contribution is -2.23. The molecule has 0 saturated carbocycles. The average molecular weight is 245 g/mol. The molecular formula is C13H15N3O2. The second-order valence-corrected chi connectivity index (χ2v) is 4.41. The number of carbonyl (C=O) groups is 1. The summed E-state index contributed by atoms with van der Waals surface area (Å²) in [5.74, 6) is -0.155. The first-order chi connectivity index (χ1) is 8.72. The van der Waals surface area contributed by atoms with Crippen molar-refractivity contribution in [3.05, 3.63) is 29.6 Å². The normalized spacial score (nSPS) is 19.4. The summed E-state index contributed by atoms with van der Waals surface area (Å²) < 4.78 is 4.75. The highest BCUT2D eigenvalue weighted by molar-refractivity contribution is 5.72. The van der Waals surface area contributed by atoms with Crippen LogP contribution in [0.2, 0.25) is 0 Å². The number of aromatic nitrogens is 1. The molecule has 0 aliphatic carbocycles. The maximum atomic E-state index is 11.4. The summed E-state index contributed by atoms with van der Waals surface area (Å²) in [6, 6.07) is 5.70. The van der Waals surface area contributed by atoms with Crippen molar-refractivity contribution in [1.82, 2.24) is 9.88 Å². The third kappa shape index (κ3) is 2.84. The maximum Gasteiger partial charge on any atom is 0.310 e. The Labute approximate surface area is 106 Å². The quantitative estimate of drug-likeness (QED) is 0.742. The van der Waals surface area contributed by atoms with Crippen molar-refractivity contribution in [2.45, 2.75) is 13.0 Å². The van der Waals surface area contributed by atoms with Crippen LogP contribution >= 0.6 is 0 Å². The molecule has 2 heterocycles. The van der Waals surface area contributed by atoms with E-state index in [1.807, 2.05) is 12.1 Å².